The van der Waals surface area contributed by atoms with Gasteiger partial charge in [0.25, 0.3) is 0 Å². The van der Waals surface area contributed by atoms with Crippen molar-refractivity contribution < 1.29 is 22.1 Å². The quantitative estimate of drug-likeness (QED) is 0.441. The molecule has 0 amide bonds. The number of hydrogen-bond donors (Lipinski definition) is 0. The van der Waals surface area contributed by atoms with Crippen LogP contribution in [0.2, 0.25) is 0 Å². The van der Waals surface area contributed by atoms with E-state index in [-0.39, 0.29) is 10.6 Å². The van der Waals surface area contributed by atoms with Gasteiger partial charge in [-0.15, -0.1) is 0 Å². The molecule has 0 fully saturated rings. The summed E-state index contributed by atoms with van der Waals surface area (Å²) in [5, 5.41) is 0. The Morgan fingerprint density at radius 2 is 1.65 bits per heavy atom. The van der Waals surface area contributed by atoms with Gasteiger partial charge in [-0.2, -0.15) is 8.42 Å². The SMILES string of the molecule is CCCCOC(=O)c1ccc(OS(=O)(=O)c2ccccc2)cc1. The molecule has 0 spiro atoms. The number of esters is 1. The number of ether oxygens (including phenoxy) is 1. The molecule has 0 aliphatic heterocycles. The monoisotopic (exact) mass is 334 g/mol. The van der Waals surface area contributed by atoms with Crippen molar-refractivity contribution in [2.24, 2.45) is 0 Å². The van der Waals surface area contributed by atoms with Gasteiger partial charge in [-0.1, -0.05) is 31.5 Å². The van der Waals surface area contributed by atoms with Crippen molar-refractivity contribution in [2.75, 3.05) is 6.61 Å². The van der Waals surface area contributed by atoms with E-state index in [4.69, 9.17) is 8.92 Å². The van der Waals surface area contributed by atoms with E-state index in [0.29, 0.717) is 12.2 Å². The molecule has 0 atom stereocenters. The van der Waals surface area contributed by atoms with Crippen LogP contribution in [0, 0.1) is 0 Å². The van der Waals surface area contributed by atoms with Crippen LogP contribution in [0.3, 0.4) is 0 Å². The maximum absolute atomic E-state index is 12.1. The first-order valence-corrected chi connectivity index (χ1v) is 8.70. The van der Waals surface area contributed by atoms with Gasteiger partial charge in [0.1, 0.15) is 10.6 Å². The zero-order valence-electron chi connectivity index (χ0n) is 12.8. The van der Waals surface area contributed by atoms with Crippen LogP contribution in [-0.4, -0.2) is 21.0 Å². The van der Waals surface area contributed by atoms with E-state index in [9.17, 15) is 13.2 Å². The molecular weight excluding hydrogens is 316 g/mol. The summed E-state index contributed by atoms with van der Waals surface area (Å²) in [5.41, 5.74) is 0.352. The lowest BCUT2D eigenvalue weighted by Gasteiger charge is -2.08. The van der Waals surface area contributed by atoms with E-state index in [1.807, 2.05) is 6.92 Å². The van der Waals surface area contributed by atoms with Crippen molar-refractivity contribution >= 4 is 16.1 Å². The Labute approximate surface area is 136 Å². The smallest absolute Gasteiger partial charge is 0.339 e. The van der Waals surface area contributed by atoms with Crippen molar-refractivity contribution in [3.05, 3.63) is 60.2 Å². The molecule has 0 N–H and O–H groups in total. The van der Waals surface area contributed by atoms with Crippen LogP contribution >= 0.6 is 0 Å². The van der Waals surface area contributed by atoms with Crippen LogP contribution in [-0.2, 0) is 14.9 Å². The molecule has 2 aromatic carbocycles. The Bertz CT molecular complexity index is 736. The summed E-state index contributed by atoms with van der Waals surface area (Å²) >= 11 is 0. The summed E-state index contributed by atoms with van der Waals surface area (Å²) in [5.74, 6) is -0.296. The molecular formula is C17H18O5S. The third kappa shape index (κ3) is 4.82. The Hall–Kier alpha value is -2.34. The van der Waals surface area contributed by atoms with Crippen LogP contribution in [0.25, 0.3) is 0 Å². The maximum atomic E-state index is 12.1. The molecule has 0 saturated heterocycles. The van der Waals surface area contributed by atoms with Crippen LogP contribution in [0.15, 0.2) is 59.5 Å². The first-order valence-electron chi connectivity index (χ1n) is 7.29. The highest BCUT2D eigenvalue weighted by atomic mass is 32.2. The van der Waals surface area contributed by atoms with Gasteiger partial charge < -0.3 is 8.92 Å². The predicted octanol–water partition coefficient (Wildman–Crippen LogP) is 3.41. The molecule has 0 radical (unpaired) electrons. The summed E-state index contributed by atoms with van der Waals surface area (Å²) in [7, 11) is -3.88. The van der Waals surface area contributed by atoms with Crippen molar-refractivity contribution in [3.63, 3.8) is 0 Å². The first-order chi connectivity index (χ1) is 11.0. The summed E-state index contributed by atoms with van der Waals surface area (Å²) in [6, 6.07) is 13.7. The Balaban J connectivity index is 2.04. The van der Waals surface area contributed by atoms with E-state index in [1.54, 1.807) is 18.2 Å². The number of rotatable bonds is 7. The minimum atomic E-state index is -3.88. The highest BCUT2D eigenvalue weighted by Gasteiger charge is 2.16. The zero-order valence-corrected chi connectivity index (χ0v) is 13.6. The third-order valence-corrected chi connectivity index (χ3v) is 4.32. The molecule has 0 unspecified atom stereocenters. The summed E-state index contributed by atoms with van der Waals surface area (Å²) in [6.07, 6.45) is 1.75. The average Bonchev–Trinajstić information content (AvgIpc) is 2.56. The topological polar surface area (TPSA) is 69.7 Å². The molecule has 0 heterocycles. The third-order valence-electron chi connectivity index (χ3n) is 3.06. The van der Waals surface area contributed by atoms with Crippen LogP contribution < -0.4 is 4.18 Å². The number of hydrogen-bond acceptors (Lipinski definition) is 5. The summed E-state index contributed by atoms with van der Waals surface area (Å²) in [6.45, 7) is 2.38. The van der Waals surface area contributed by atoms with Gasteiger partial charge >= 0.3 is 16.1 Å². The van der Waals surface area contributed by atoms with Crippen LogP contribution in [0.4, 0.5) is 0 Å². The Morgan fingerprint density at radius 1 is 1.00 bits per heavy atom. The van der Waals surface area contributed by atoms with E-state index in [1.165, 1.54) is 36.4 Å². The predicted molar refractivity (Wildman–Crippen MR) is 85.9 cm³/mol. The van der Waals surface area contributed by atoms with E-state index in [0.717, 1.165) is 12.8 Å². The van der Waals surface area contributed by atoms with Gasteiger partial charge in [-0.3, -0.25) is 0 Å². The highest BCUT2D eigenvalue weighted by molar-refractivity contribution is 7.87. The fourth-order valence-corrected chi connectivity index (χ4v) is 2.75. The average molecular weight is 334 g/mol. The van der Waals surface area contributed by atoms with Crippen molar-refractivity contribution in [2.45, 2.75) is 24.7 Å². The lowest BCUT2D eigenvalue weighted by Crippen LogP contribution is -2.10. The molecule has 23 heavy (non-hydrogen) atoms. The Kier molecular flexibility index (Phi) is 5.76. The molecule has 6 heteroatoms. The second-order valence-corrected chi connectivity index (χ2v) is 6.41. The fraction of sp³-hybridized carbons (Fsp3) is 0.235. The first kappa shape index (κ1) is 17.0. The van der Waals surface area contributed by atoms with Crippen molar-refractivity contribution in [3.8, 4) is 5.75 Å². The van der Waals surface area contributed by atoms with Gasteiger partial charge in [0.05, 0.1) is 12.2 Å². The largest absolute Gasteiger partial charge is 0.462 e. The normalized spacial score (nSPS) is 11.0. The van der Waals surface area contributed by atoms with E-state index < -0.39 is 16.1 Å². The molecule has 2 aromatic rings. The fourth-order valence-electron chi connectivity index (χ4n) is 1.80. The number of carbonyl (C=O) groups excluding carboxylic acids is 1. The van der Waals surface area contributed by atoms with Crippen LogP contribution in [0.1, 0.15) is 30.1 Å². The molecule has 122 valence electrons. The second-order valence-electron chi connectivity index (χ2n) is 4.86. The number of carbonyl (C=O) groups is 1. The van der Waals surface area contributed by atoms with Crippen molar-refractivity contribution in [1.29, 1.82) is 0 Å². The molecule has 0 aliphatic rings. The minimum absolute atomic E-state index is 0.0723. The van der Waals surface area contributed by atoms with Gasteiger partial charge in [-0.05, 0) is 42.8 Å². The van der Waals surface area contributed by atoms with Gasteiger partial charge in [0.15, 0.2) is 0 Å². The Morgan fingerprint density at radius 3 is 2.26 bits per heavy atom. The molecule has 5 nitrogen and oxygen atoms in total. The molecule has 2 rings (SSSR count). The van der Waals surface area contributed by atoms with Gasteiger partial charge in [0, 0.05) is 0 Å². The molecule has 0 aromatic heterocycles. The van der Waals surface area contributed by atoms with Gasteiger partial charge in [-0.25, -0.2) is 4.79 Å². The maximum Gasteiger partial charge on any atom is 0.339 e. The number of unbranched alkanes of at least 4 members (excludes halogenated alkanes) is 1. The van der Waals surface area contributed by atoms with E-state index >= 15 is 0 Å². The van der Waals surface area contributed by atoms with Gasteiger partial charge in [0.2, 0.25) is 0 Å². The highest BCUT2D eigenvalue weighted by Crippen LogP contribution is 2.19. The summed E-state index contributed by atoms with van der Waals surface area (Å²) < 4.78 is 34.3. The standard InChI is InChI=1S/C17H18O5S/c1-2-3-13-21-17(18)14-9-11-15(12-10-14)22-23(19,20)16-7-5-4-6-8-16/h4-12H,2-3,13H2,1H3. The lowest BCUT2D eigenvalue weighted by atomic mass is 10.2. The molecule has 0 saturated carbocycles. The minimum Gasteiger partial charge on any atom is -0.462 e. The zero-order chi connectivity index (χ0) is 16.7. The molecule has 0 bridgehead atoms. The molecule has 0 aliphatic carbocycles. The number of benzene rings is 2. The second kappa shape index (κ2) is 7.78. The summed E-state index contributed by atoms with van der Waals surface area (Å²) in [4.78, 5) is 11.8. The van der Waals surface area contributed by atoms with Crippen LogP contribution in [0.5, 0.6) is 5.75 Å². The lowest BCUT2D eigenvalue weighted by molar-refractivity contribution is 0.0499. The van der Waals surface area contributed by atoms with E-state index in [2.05, 4.69) is 0 Å². The van der Waals surface area contributed by atoms with Crippen molar-refractivity contribution in [1.82, 2.24) is 0 Å².